The van der Waals surface area contributed by atoms with Gasteiger partial charge in [-0.2, -0.15) is 0 Å². The van der Waals surface area contributed by atoms with Crippen LogP contribution in [0.4, 0.5) is 11.4 Å². The third kappa shape index (κ3) is 4.61. The van der Waals surface area contributed by atoms with Gasteiger partial charge in [0.25, 0.3) is 0 Å². The van der Waals surface area contributed by atoms with Crippen molar-refractivity contribution >= 4 is 11.4 Å². The van der Waals surface area contributed by atoms with Gasteiger partial charge in [0.05, 0.1) is 6.61 Å². The van der Waals surface area contributed by atoms with Crippen molar-refractivity contribution in [1.29, 1.82) is 0 Å². The van der Waals surface area contributed by atoms with Crippen LogP contribution in [0.25, 0.3) is 0 Å². The number of piperazine rings is 1. The molecule has 1 saturated heterocycles. The lowest BCUT2D eigenvalue weighted by Gasteiger charge is -2.41. The topological polar surface area (TPSA) is 27.7 Å². The second kappa shape index (κ2) is 8.55. The van der Waals surface area contributed by atoms with Gasteiger partial charge in [-0.05, 0) is 37.1 Å². The predicted octanol–water partition coefficient (Wildman–Crippen LogP) is 3.20. The van der Waals surface area contributed by atoms with Crippen LogP contribution in [0.3, 0.4) is 0 Å². The van der Waals surface area contributed by atoms with Crippen LogP contribution >= 0.6 is 0 Å². The molecule has 4 nitrogen and oxygen atoms in total. The fourth-order valence-corrected chi connectivity index (χ4v) is 3.88. The summed E-state index contributed by atoms with van der Waals surface area (Å²) in [6.07, 6.45) is 7.15. The highest BCUT2D eigenvalue weighted by molar-refractivity contribution is 5.55. The van der Waals surface area contributed by atoms with E-state index in [1.165, 1.54) is 56.6 Å². The highest BCUT2D eigenvalue weighted by atomic mass is 16.5. The Balaban J connectivity index is 1.47. The molecule has 0 bridgehead atoms. The molecule has 23 heavy (non-hydrogen) atoms. The average molecular weight is 317 g/mol. The zero-order chi connectivity index (χ0) is 15.9. The summed E-state index contributed by atoms with van der Waals surface area (Å²) in [5, 5.41) is 3.37. The van der Waals surface area contributed by atoms with Crippen molar-refractivity contribution in [3.05, 3.63) is 24.3 Å². The molecule has 4 heteroatoms. The Bertz CT molecular complexity index is 448. The number of benzene rings is 1. The van der Waals surface area contributed by atoms with E-state index in [1.807, 2.05) is 0 Å². The van der Waals surface area contributed by atoms with Crippen molar-refractivity contribution in [1.82, 2.24) is 4.90 Å². The van der Waals surface area contributed by atoms with Gasteiger partial charge in [0, 0.05) is 57.3 Å². The molecule has 0 atom stereocenters. The van der Waals surface area contributed by atoms with E-state index in [9.17, 15) is 0 Å². The highest BCUT2D eigenvalue weighted by Crippen LogP contribution is 2.25. The maximum absolute atomic E-state index is 5.07. The van der Waals surface area contributed by atoms with E-state index in [1.54, 1.807) is 7.11 Å². The molecule has 3 rings (SSSR count). The van der Waals surface area contributed by atoms with Crippen LogP contribution in [-0.2, 0) is 4.74 Å². The predicted molar refractivity (Wildman–Crippen MR) is 97.5 cm³/mol. The summed E-state index contributed by atoms with van der Waals surface area (Å²) in [4.78, 5) is 5.26. The number of nitrogens with one attached hydrogen (secondary N) is 1. The van der Waals surface area contributed by atoms with Crippen LogP contribution in [0.1, 0.15) is 32.1 Å². The Morgan fingerprint density at radius 1 is 1.00 bits per heavy atom. The molecule has 1 aliphatic heterocycles. The number of hydrogen-bond donors (Lipinski definition) is 1. The van der Waals surface area contributed by atoms with Crippen LogP contribution in [0.15, 0.2) is 24.3 Å². The van der Waals surface area contributed by atoms with Crippen molar-refractivity contribution < 1.29 is 4.74 Å². The lowest BCUT2D eigenvalue weighted by atomic mass is 9.94. The molecule has 0 amide bonds. The maximum Gasteiger partial charge on any atom is 0.0635 e. The van der Waals surface area contributed by atoms with E-state index >= 15 is 0 Å². The van der Waals surface area contributed by atoms with Crippen molar-refractivity contribution in [3.63, 3.8) is 0 Å². The Morgan fingerprint density at radius 3 is 2.35 bits per heavy atom. The SMILES string of the molecule is COCCNc1ccc(N2CCN(C3CCCCC3)CC2)cc1. The fraction of sp³-hybridized carbons (Fsp3) is 0.684. The van der Waals surface area contributed by atoms with Gasteiger partial charge in [-0.3, -0.25) is 4.90 Å². The maximum atomic E-state index is 5.07. The van der Waals surface area contributed by atoms with Gasteiger partial charge in [0.15, 0.2) is 0 Å². The number of rotatable bonds is 6. The minimum absolute atomic E-state index is 0.741. The van der Waals surface area contributed by atoms with Gasteiger partial charge >= 0.3 is 0 Å². The van der Waals surface area contributed by atoms with E-state index in [0.29, 0.717) is 0 Å². The molecule has 0 spiro atoms. The Hall–Kier alpha value is -1.26. The van der Waals surface area contributed by atoms with Gasteiger partial charge in [-0.25, -0.2) is 0 Å². The van der Waals surface area contributed by atoms with Crippen molar-refractivity contribution in [2.45, 2.75) is 38.1 Å². The quantitative estimate of drug-likeness (QED) is 0.816. The molecule has 0 radical (unpaired) electrons. The summed E-state index contributed by atoms with van der Waals surface area (Å²) >= 11 is 0. The first kappa shape index (κ1) is 16.6. The average Bonchev–Trinajstić information content (AvgIpc) is 2.63. The summed E-state index contributed by atoms with van der Waals surface area (Å²) in [6.45, 7) is 6.36. The molecule has 1 heterocycles. The van der Waals surface area contributed by atoms with Crippen LogP contribution in [0.5, 0.6) is 0 Å². The van der Waals surface area contributed by atoms with Crippen LogP contribution in [0.2, 0.25) is 0 Å². The van der Waals surface area contributed by atoms with Crippen molar-refractivity contribution in [3.8, 4) is 0 Å². The van der Waals surface area contributed by atoms with Crippen LogP contribution in [0, 0.1) is 0 Å². The van der Waals surface area contributed by atoms with Crippen LogP contribution in [-0.4, -0.2) is 57.4 Å². The number of hydrogen-bond acceptors (Lipinski definition) is 4. The summed E-state index contributed by atoms with van der Waals surface area (Å²) in [6, 6.07) is 9.70. The number of ether oxygens (including phenoxy) is 1. The van der Waals surface area contributed by atoms with Gasteiger partial charge in [0.2, 0.25) is 0 Å². The third-order valence-corrected chi connectivity index (χ3v) is 5.27. The summed E-state index contributed by atoms with van der Waals surface area (Å²) in [5.41, 5.74) is 2.53. The lowest BCUT2D eigenvalue weighted by Crippen LogP contribution is -2.50. The van der Waals surface area contributed by atoms with E-state index in [4.69, 9.17) is 4.74 Å². The molecule has 1 aromatic rings. The lowest BCUT2D eigenvalue weighted by molar-refractivity contribution is 0.148. The Morgan fingerprint density at radius 2 is 1.70 bits per heavy atom. The Kier molecular flexibility index (Phi) is 6.17. The molecule has 0 unspecified atom stereocenters. The van der Waals surface area contributed by atoms with E-state index in [-0.39, 0.29) is 0 Å². The molecule has 1 N–H and O–H groups in total. The second-order valence-corrected chi connectivity index (χ2v) is 6.78. The monoisotopic (exact) mass is 317 g/mol. The highest BCUT2D eigenvalue weighted by Gasteiger charge is 2.25. The molecule has 1 saturated carbocycles. The van der Waals surface area contributed by atoms with Crippen LogP contribution < -0.4 is 10.2 Å². The number of nitrogens with zero attached hydrogens (tertiary/aromatic N) is 2. The standard InChI is InChI=1S/C19H31N3O/c1-23-16-11-20-17-7-9-19(10-8-17)22-14-12-21(13-15-22)18-5-3-2-4-6-18/h7-10,18,20H,2-6,11-16H2,1H3. The zero-order valence-electron chi connectivity index (χ0n) is 14.5. The van der Waals surface area contributed by atoms with Crippen molar-refractivity contribution in [2.24, 2.45) is 0 Å². The summed E-state index contributed by atoms with van der Waals surface area (Å²) < 4.78 is 5.07. The third-order valence-electron chi connectivity index (χ3n) is 5.27. The normalized spacial score (nSPS) is 20.7. The minimum Gasteiger partial charge on any atom is -0.383 e. The Labute approximate surface area is 140 Å². The molecule has 2 aliphatic rings. The fourth-order valence-electron chi connectivity index (χ4n) is 3.88. The van der Waals surface area contributed by atoms with E-state index < -0.39 is 0 Å². The smallest absolute Gasteiger partial charge is 0.0635 e. The molecule has 1 aliphatic carbocycles. The molecular weight excluding hydrogens is 286 g/mol. The number of methoxy groups -OCH3 is 1. The first-order valence-corrected chi connectivity index (χ1v) is 9.19. The molecule has 128 valence electrons. The largest absolute Gasteiger partial charge is 0.383 e. The number of anilines is 2. The minimum atomic E-state index is 0.741. The summed E-state index contributed by atoms with van der Waals surface area (Å²) in [5.74, 6) is 0. The van der Waals surface area contributed by atoms with Gasteiger partial charge in [-0.15, -0.1) is 0 Å². The first-order chi connectivity index (χ1) is 11.4. The van der Waals surface area contributed by atoms with E-state index in [2.05, 4.69) is 39.4 Å². The first-order valence-electron chi connectivity index (χ1n) is 9.19. The molecule has 2 fully saturated rings. The molecule has 0 aromatic heterocycles. The zero-order valence-corrected chi connectivity index (χ0v) is 14.5. The summed E-state index contributed by atoms with van der Waals surface area (Å²) in [7, 11) is 1.73. The van der Waals surface area contributed by atoms with E-state index in [0.717, 1.165) is 32.3 Å². The van der Waals surface area contributed by atoms with Gasteiger partial charge < -0.3 is 15.0 Å². The molecular formula is C19H31N3O. The van der Waals surface area contributed by atoms with Gasteiger partial charge in [0.1, 0.15) is 0 Å². The molecule has 1 aromatic carbocycles. The van der Waals surface area contributed by atoms with Gasteiger partial charge in [-0.1, -0.05) is 19.3 Å². The van der Waals surface area contributed by atoms with Crippen molar-refractivity contribution in [2.75, 3.05) is 56.7 Å². The second-order valence-electron chi connectivity index (χ2n) is 6.78.